The lowest BCUT2D eigenvalue weighted by atomic mass is 9.52. The zero-order chi connectivity index (χ0) is 15.2. The number of allylic oxidation sites excluding steroid dienone is 2. The van der Waals surface area contributed by atoms with Crippen molar-refractivity contribution in [3.05, 3.63) is 11.6 Å². The molecule has 2 rings (SSSR count). The Morgan fingerprint density at radius 2 is 1.75 bits per heavy atom. The lowest BCUT2D eigenvalue weighted by Gasteiger charge is -2.53. The molecular formula is C20H38. The van der Waals surface area contributed by atoms with Crippen LogP contribution >= 0.6 is 0 Å². The van der Waals surface area contributed by atoms with E-state index in [1.165, 1.54) is 57.8 Å². The average Bonchev–Trinajstić information content (AvgIpc) is 2.46. The predicted molar refractivity (Wildman–Crippen MR) is 92.0 cm³/mol. The van der Waals surface area contributed by atoms with Crippen LogP contribution in [-0.2, 0) is 0 Å². The van der Waals surface area contributed by atoms with Crippen molar-refractivity contribution >= 4 is 0 Å². The number of hydrogen-bond acceptors (Lipinski definition) is 0. The second-order valence-electron chi connectivity index (χ2n) is 7.58. The fourth-order valence-corrected chi connectivity index (χ4v) is 4.86. The van der Waals surface area contributed by atoms with Gasteiger partial charge in [-0.2, -0.15) is 0 Å². The van der Waals surface area contributed by atoms with Crippen molar-refractivity contribution in [2.24, 2.45) is 16.7 Å². The molecule has 2 unspecified atom stereocenters. The van der Waals surface area contributed by atoms with Crippen LogP contribution in [0.4, 0.5) is 0 Å². The maximum Gasteiger partial charge on any atom is -0.00831 e. The first-order chi connectivity index (χ1) is 9.50. The SMILES string of the molecule is CC.CCCC1C(C)(C)CCCC1(C)C1=CCCCC1. The molecule has 0 heteroatoms. The molecule has 0 aromatic heterocycles. The van der Waals surface area contributed by atoms with E-state index in [1.807, 2.05) is 19.4 Å². The minimum absolute atomic E-state index is 0.512. The van der Waals surface area contributed by atoms with Gasteiger partial charge < -0.3 is 0 Å². The van der Waals surface area contributed by atoms with Crippen molar-refractivity contribution in [2.75, 3.05) is 0 Å². The van der Waals surface area contributed by atoms with Gasteiger partial charge in [-0.3, -0.25) is 0 Å². The van der Waals surface area contributed by atoms with Crippen LogP contribution in [0, 0.1) is 16.7 Å². The molecule has 0 heterocycles. The molecule has 0 nitrogen and oxygen atoms in total. The maximum absolute atomic E-state index is 2.60. The molecule has 0 amide bonds. The zero-order valence-electron chi connectivity index (χ0n) is 15.0. The van der Waals surface area contributed by atoms with E-state index in [2.05, 4.69) is 33.8 Å². The summed E-state index contributed by atoms with van der Waals surface area (Å²) in [6.07, 6.45) is 15.2. The number of rotatable bonds is 3. The molecule has 0 aliphatic heterocycles. The molecular weight excluding hydrogens is 240 g/mol. The second-order valence-corrected chi connectivity index (χ2v) is 7.58. The van der Waals surface area contributed by atoms with E-state index in [1.54, 1.807) is 0 Å². The molecule has 0 aromatic rings. The molecule has 118 valence electrons. The second kappa shape index (κ2) is 7.66. The highest BCUT2D eigenvalue weighted by molar-refractivity contribution is 5.20. The van der Waals surface area contributed by atoms with E-state index >= 15 is 0 Å². The first-order valence-corrected chi connectivity index (χ1v) is 9.20. The molecule has 20 heavy (non-hydrogen) atoms. The third-order valence-electron chi connectivity index (χ3n) is 5.83. The summed E-state index contributed by atoms with van der Waals surface area (Å²) in [6, 6.07) is 0. The Kier molecular flexibility index (Phi) is 6.82. The lowest BCUT2D eigenvalue weighted by molar-refractivity contribution is 0.0170. The van der Waals surface area contributed by atoms with E-state index < -0.39 is 0 Å². The average molecular weight is 279 g/mol. The monoisotopic (exact) mass is 278 g/mol. The highest BCUT2D eigenvalue weighted by Gasteiger charge is 2.47. The Bertz CT molecular complexity index is 310. The molecule has 0 saturated heterocycles. The van der Waals surface area contributed by atoms with Crippen LogP contribution in [0.5, 0.6) is 0 Å². The van der Waals surface area contributed by atoms with Gasteiger partial charge in [0.2, 0.25) is 0 Å². The topological polar surface area (TPSA) is 0 Å². The summed E-state index contributed by atoms with van der Waals surface area (Å²) in [4.78, 5) is 0. The molecule has 0 bridgehead atoms. The third-order valence-corrected chi connectivity index (χ3v) is 5.83. The van der Waals surface area contributed by atoms with Gasteiger partial charge in [-0.15, -0.1) is 0 Å². The van der Waals surface area contributed by atoms with Gasteiger partial charge in [0, 0.05) is 0 Å². The van der Waals surface area contributed by atoms with Crippen molar-refractivity contribution in [2.45, 2.75) is 99.3 Å². The van der Waals surface area contributed by atoms with Gasteiger partial charge in [0.1, 0.15) is 0 Å². The minimum Gasteiger partial charge on any atom is -0.0848 e. The van der Waals surface area contributed by atoms with Crippen LogP contribution in [0.15, 0.2) is 11.6 Å². The normalized spacial score (nSPS) is 32.9. The van der Waals surface area contributed by atoms with E-state index in [-0.39, 0.29) is 0 Å². The molecule has 2 aliphatic rings. The van der Waals surface area contributed by atoms with Crippen LogP contribution in [0.25, 0.3) is 0 Å². The Hall–Kier alpha value is -0.260. The minimum atomic E-state index is 0.512. The van der Waals surface area contributed by atoms with Gasteiger partial charge in [0.15, 0.2) is 0 Å². The van der Waals surface area contributed by atoms with Gasteiger partial charge in [0.25, 0.3) is 0 Å². The fraction of sp³-hybridized carbons (Fsp3) is 0.900. The summed E-state index contributed by atoms with van der Waals surface area (Å²) in [5.74, 6) is 0.896. The Labute approximate surface area is 128 Å². The number of hydrogen-bond donors (Lipinski definition) is 0. The van der Waals surface area contributed by atoms with Gasteiger partial charge in [-0.05, 0) is 61.7 Å². The Balaban J connectivity index is 0.000000956. The van der Waals surface area contributed by atoms with Crippen molar-refractivity contribution < 1.29 is 0 Å². The highest BCUT2D eigenvalue weighted by atomic mass is 14.5. The Morgan fingerprint density at radius 1 is 1.05 bits per heavy atom. The van der Waals surface area contributed by atoms with Gasteiger partial charge in [-0.25, -0.2) is 0 Å². The molecule has 2 aliphatic carbocycles. The molecule has 0 N–H and O–H groups in total. The third kappa shape index (κ3) is 3.68. The van der Waals surface area contributed by atoms with Gasteiger partial charge >= 0.3 is 0 Å². The van der Waals surface area contributed by atoms with Crippen LogP contribution < -0.4 is 0 Å². The van der Waals surface area contributed by atoms with Crippen LogP contribution in [0.1, 0.15) is 99.3 Å². The quantitative estimate of drug-likeness (QED) is 0.481. The summed E-state index contributed by atoms with van der Waals surface area (Å²) in [6.45, 7) is 14.0. The largest absolute Gasteiger partial charge is 0.0848 e. The summed E-state index contributed by atoms with van der Waals surface area (Å²) < 4.78 is 0. The Morgan fingerprint density at radius 3 is 2.30 bits per heavy atom. The summed E-state index contributed by atoms with van der Waals surface area (Å²) in [7, 11) is 0. The van der Waals surface area contributed by atoms with Gasteiger partial charge in [0.05, 0.1) is 0 Å². The zero-order valence-corrected chi connectivity index (χ0v) is 15.0. The predicted octanol–water partition coefficient (Wildman–Crippen LogP) is 7.15. The van der Waals surface area contributed by atoms with Crippen molar-refractivity contribution in [3.63, 3.8) is 0 Å². The first kappa shape index (κ1) is 17.8. The summed E-state index contributed by atoms with van der Waals surface area (Å²) in [5.41, 5.74) is 2.87. The summed E-state index contributed by atoms with van der Waals surface area (Å²) in [5, 5.41) is 0. The smallest absolute Gasteiger partial charge is 0.00831 e. The van der Waals surface area contributed by atoms with E-state index in [4.69, 9.17) is 0 Å². The van der Waals surface area contributed by atoms with Crippen LogP contribution in [0.3, 0.4) is 0 Å². The molecule has 0 spiro atoms. The highest BCUT2D eigenvalue weighted by Crippen LogP contribution is 2.57. The maximum atomic E-state index is 2.60. The molecule has 1 saturated carbocycles. The molecule has 0 radical (unpaired) electrons. The van der Waals surface area contributed by atoms with Crippen molar-refractivity contribution in [1.82, 2.24) is 0 Å². The molecule has 1 fully saturated rings. The first-order valence-electron chi connectivity index (χ1n) is 9.20. The standard InChI is InChI=1S/C18H32.C2H6/c1-5-10-16-17(2,3)13-9-14-18(16,4)15-11-7-6-8-12-15;1-2/h11,16H,5-10,12-14H2,1-4H3;1-2H3. The lowest BCUT2D eigenvalue weighted by Crippen LogP contribution is -2.43. The van der Waals surface area contributed by atoms with Crippen molar-refractivity contribution in [1.29, 1.82) is 0 Å². The fourth-order valence-electron chi connectivity index (χ4n) is 4.86. The van der Waals surface area contributed by atoms with Crippen LogP contribution in [0.2, 0.25) is 0 Å². The van der Waals surface area contributed by atoms with E-state index in [9.17, 15) is 0 Å². The van der Waals surface area contributed by atoms with Crippen molar-refractivity contribution in [3.8, 4) is 0 Å². The van der Waals surface area contributed by atoms with Gasteiger partial charge in [-0.1, -0.05) is 66.0 Å². The molecule has 0 aromatic carbocycles. The van der Waals surface area contributed by atoms with Crippen LogP contribution in [-0.4, -0.2) is 0 Å². The van der Waals surface area contributed by atoms with E-state index in [0.29, 0.717) is 10.8 Å². The molecule has 2 atom stereocenters. The summed E-state index contributed by atoms with van der Waals surface area (Å²) >= 11 is 0. The van der Waals surface area contributed by atoms with E-state index in [0.717, 1.165) is 5.92 Å².